The Balaban J connectivity index is 1.55. The fourth-order valence-electron chi connectivity index (χ4n) is 3.64. The van der Waals surface area contributed by atoms with Gasteiger partial charge in [-0.15, -0.1) is 0 Å². The molecule has 8 nitrogen and oxygen atoms in total. The van der Waals surface area contributed by atoms with Gasteiger partial charge in [0.1, 0.15) is 12.4 Å². The van der Waals surface area contributed by atoms with Crippen LogP contribution in [0.2, 0.25) is 0 Å². The van der Waals surface area contributed by atoms with Crippen molar-refractivity contribution in [2.75, 3.05) is 45.8 Å². The Labute approximate surface area is 174 Å². The van der Waals surface area contributed by atoms with Gasteiger partial charge in [0, 0.05) is 37.4 Å². The molecule has 1 amide bonds. The number of aromatic amines is 1. The van der Waals surface area contributed by atoms with Crippen LogP contribution in [0.15, 0.2) is 42.5 Å². The van der Waals surface area contributed by atoms with Crippen molar-refractivity contribution < 1.29 is 19.0 Å². The predicted molar refractivity (Wildman–Crippen MR) is 115 cm³/mol. The number of rotatable bonds is 8. The third kappa shape index (κ3) is 4.02. The van der Waals surface area contributed by atoms with Crippen LogP contribution in [0.4, 0.5) is 5.69 Å². The maximum absolute atomic E-state index is 12.8. The summed E-state index contributed by atoms with van der Waals surface area (Å²) in [5.74, 6) is 0.635. The van der Waals surface area contributed by atoms with E-state index in [-0.39, 0.29) is 5.91 Å². The standard InChI is InChI=1S/C22H26N4O4/c1-28-11-12-30-17-6-3-15(4-7-17)20-18-13-16(5-8-19(18)25-26-20)24-21(27)22(29-2)9-10-23-14-22/h3-8,13,23H,9-12,14H2,1-2H3,(H,24,27)(H,25,26)/t22-/m0/s1. The lowest BCUT2D eigenvalue weighted by Gasteiger charge is -2.25. The molecular weight excluding hydrogens is 384 g/mol. The highest BCUT2D eigenvalue weighted by molar-refractivity contribution is 6.01. The summed E-state index contributed by atoms with van der Waals surface area (Å²) in [4.78, 5) is 12.8. The highest BCUT2D eigenvalue weighted by Crippen LogP contribution is 2.30. The SMILES string of the molecule is COCCOc1ccc(-c2n[nH]c3ccc(NC(=O)[C@]4(OC)CCNC4)cc23)cc1. The summed E-state index contributed by atoms with van der Waals surface area (Å²) < 4.78 is 16.2. The number of ether oxygens (including phenoxy) is 3. The number of methoxy groups -OCH3 is 2. The fourth-order valence-corrected chi connectivity index (χ4v) is 3.64. The minimum atomic E-state index is -0.827. The zero-order valence-electron chi connectivity index (χ0n) is 17.2. The third-order valence-corrected chi connectivity index (χ3v) is 5.43. The Kier molecular flexibility index (Phi) is 5.98. The molecule has 2 heterocycles. The second kappa shape index (κ2) is 8.83. The van der Waals surface area contributed by atoms with Gasteiger partial charge in [0.2, 0.25) is 0 Å². The lowest BCUT2D eigenvalue weighted by atomic mass is 10.0. The number of carbonyl (C=O) groups excluding carboxylic acids is 1. The molecule has 158 valence electrons. The molecule has 30 heavy (non-hydrogen) atoms. The summed E-state index contributed by atoms with van der Waals surface area (Å²) in [6, 6.07) is 13.5. The van der Waals surface area contributed by atoms with Crippen molar-refractivity contribution in [3.8, 4) is 17.0 Å². The lowest BCUT2D eigenvalue weighted by Crippen LogP contribution is -2.46. The van der Waals surface area contributed by atoms with Crippen LogP contribution in [-0.4, -0.2) is 62.2 Å². The molecule has 0 saturated carbocycles. The maximum Gasteiger partial charge on any atom is 0.257 e. The second-order valence-corrected chi connectivity index (χ2v) is 7.28. The first-order chi connectivity index (χ1) is 14.6. The molecule has 1 aliphatic rings. The van der Waals surface area contributed by atoms with E-state index in [0.29, 0.717) is 31.9 Å². The first-order valence-corrected chi connectivity index (χ1v) is 9.93. The number of hydrogen-bond donors (Lipinski definition) is 3. The van der Waals surface area contributed by atoms with Gasteiger partial charge in [-0.3, -0.25) is 9.89 Å². The Morgan fingerprint density at radius 1 is 1.17 bits per heavy atom. The van der Waals surface area contributed by atoms with Gasteiger partial charge >= 0.3 is 0 Å². The van der Waals surface area contributed by atoms with E-state index in [9.17, 15) is 4.79 Å². The van der Waals surface area contributed by atoms with Crippen molar-refractivity contribution in [1.82, 2.24) is 15.5 Å². The number of fused-ring (bicyclic) bond motifs is 1. The van der Waals surface area contributed by atoms with E-state index in [1.54, 1.807) is 14.2 Å². The third-order valence-electron chi connectivity index (χ3n) is 5.43. The van der Waals surface area contributed by atoms with Crippen LogP contribution in [0.1, 0.15) is 6.42 Å². The molecule has 1 saturated heterocycles. The maximum atomic E-state index is 12.8. The topological polar surface area (TPSA) is 97.5 Å². The van der Waals surface area contributed by atoms with Gasteiger partial charge in [-0.2, -0.15) is 5.10 Å². The van der Waals surface area contributed by atoms with Gasteiger partial charge in [0.25, 0.3) is 5.91 Å². The molecule has 1 aliphatic heterocycles. The molecule has 1 fully saturated rings. The zero-order chi connectivity index (χ0) is 21.0. The van der Waals surface area contributed by atoms with E-state index >= 15 is 0 Å². The van der Waals surface area contributed by atoms with Gasteiger partial charge in [0.15, 0.2) is 5.60 Å². The summed E-state index contributed by atoms with van der Waals surface area (Å²) in [6.07, 6.45) is 0.646. The Morgan fingerprint density at radius 3 is 2.70 bits per heavy atom. The van der Waals surface area contributed by atoms with Gasteiger partial charge < -0.3 is 24.8 Å². The zero-order valence-corrected chi connectivity index (χ0v) is 17.2. The van der Waals surface area contributed by atoms with E-state index in [2.05, 4.69) is 20.8 Å². The smallest absolute Gasteiger partial charge is 0.257 e. The summed E-state index contributed by atoms with van der Waals surface area (Å²) in [5, 5.41) is 14.6. The molecule has 8 heteroatoms. The minimum absolute atomic E-state index is 0.142. The molecule has 1 atom stereocenters. The molecule has 3 N–H and O–H groups in total. The number of carbonyl (C=O) groups is 1. The van der Waals surface area contributed by atoms with Gasteiger partial charge in [-0.05, 0) is 55.4 Å². The van der Waals surface area contributed by atoms with E-state index < -0.39 is 5.60 Å². The van der Waals surface area contributed by atoms with Crippen molar-refractivity contribution in [1.29, 1.82) is 0 Å². The molecule has 2 aromatic carbocycles. The minimum Gasteiger partial charge on any atom is -0.491 e. The first-order valence-electron chi connectivity index (χ1n) is 9.93. The van der Waals surface area contributed by atoms with E-state index in [4.69, 9.17) is 14.2 Å². The van der Waals surface area contributed by atoms with Crippen molar-refractivity contribution in [3.63, 3.8) is 0 Å². The molecular formula is C22H26N4O4. The second-order valence-electron chi connectivity index (χ2n) is 7.28. The molecule has 0 unspecified atom stereocenters. The van der Waals surface area contributed by atoms with Crippen molar-refractivity contribution >= 4 is 22.5 Å². The van der Waals surface area contributed by atoms with Crippen molar-refractivity contribution in [2.45, 2.75) is 12.0 Å². The summed E-state index contributed by atoms with van der Waals surface area (Å²) in [7, 11) is 3.22. The van der Waals surface area contributed by atoms with Crippen LogP contribution in [0.3, 0.4) is 0 Å². The number of nitrogens with one attached hydrogen (secondary N) is 3. The van der Waals surface area contributed by atoms with Crippen LogP contribution >= 0.6 is 0 Å². The number of anilines is 1. The molecule has 1 aromatic heterocycles. The molecule has 0 radical (unpaired) electrons. The summed E-state index contributed by atoms with van der Waals surface area (Å²) in [5.41, 5.74) is 2.54. The van der Waals surface area contributed by atoms with Gasteiger partial charge in [-0.1, -0.05) is 0 Å². The Hall–Kier alpha value is -2.94. The largest absolute Gasteiger partial charge is 0.491 e. The van der Waals surface area contributed by atoms with Gasteiger partial charge in [-0.25, -0.2) is 0 Å². The monoisotopic (exact) mass is 410 g/mol. The highest BCUT2D eigenvalue weighted by Gasteiger charge is 2.41. The quantitative estimate of drug-likeness (QED) is 0.494. The molecule has 0 bridgehead atoms. The van der Waals surface area contributed by atoms with Crippen molar-refractivity contribution in [2.24, 2.45) is 0 Å². The number of H-pyrrole nitrogens is 1. The summed E-state index contributed by atoms with van der Waals surface area (Å²) in [6.45, 7) is 2.31. The number of nitrogens with zero attached hydrogens (tertiary/aromatic N) is 1. The number of amides is 1. The predicted octanol–water partition coefficient (Wildman–Crippen LogP) is 2.57. The van der Waals surface area contributed by atoms with E-state index in [1.807, 2.05) is 42.5 Å². The molecule has 4 rings (SSSR count). The average molecular weight is 410 g/mol. The van der Waals surface area contributed by atoms with Crippen LogP contribution in [0.5, 0.6) is 5.75 Å². The first kappa shape index (κ1) is 20.3. The van der Waals surface area contributed by atoms with E-state index in [1.165, 1.54) is 0 Å². The van der Waals surface area contributed by atoms with Gasteiger partial charge in [0.05, 0.1) is 17.8 Å². The van der Waals surface area contributed by atoms with E-state index in [0.717, 1.165) is 34.5 Å². The van der Waals surface area contributed by atoms with Crippen LogP contribution in [0.25, 0.3) is 22.2 Å². The number of benzene rings is 2. The Morgan fingerprint density at radius 2 is 2.00 bits per heavy atom. The Bertz CT molecular complexity index is 1010. The number of aromatic nitrogens is 2. The average Bonchev–Trinajstić information content (AvgIpc) is 3.42. The molecule has 0 spiro atoms. The fraction of sp³-hybridized carbons (Fsp3) is 0.364. The van der Waals surface area contributed by atoms with Crippen LogP contribution < -0.4 is 15.4 Å². The van der Waals surface area contributed by atoms with Crippen LogP contribution in [0, 0.1) is 0 Å². The lowest BCUT2D eigenvalue weighted by molar-refractivity contribution is -0.135. The van der Waals surface area contributed by atoms with Crippen LogP contribution in [-0.2, 0) is 14.3 Å². The summed E-state index contributed by atoms with van der Waals surface area (Å²) >= 11 is 0. The molecule has 0 aliphatic carbocycles. The highest BCUT2D eigenvalue weighted by atomic mass is 16.5. The van der Waals surface area contributed by atoms with Crippen molar-refractivity contribution in [3.05, 3.63) is 42.5 Å². The molecule has 3 aromatic rings. The normalized spacial score (nSPS) is 18.6. The number of hydrogen-bond acceptors (Lipinski definition) is 6.